The van der Waals surface area contributed by atoms with E-state index < -0.39 is 23.1 Å². The fourth-order valence-electron chi connectivity index (χ4n) is 4.35. The minimum absolute atomic E-state index is 0.0124. The predicted octanol–water partition coefficient (Wildman–Crippen LogP) is 4.63. The number of rotatable bonds is 6. The zero-order valence-electron chi connectivity index (χ0n) is 14.9. The molecule has 0 bridgehead atoms. The van der Waals surface area contributed by atoms with E-state index in [2.05, 4.69) is 9.97 Å². The third-order valence-corrected chi connectivity index (χ3v) is 6.02. The van der Waals surface area contributed by atoms with E-state index in [4.69, 9.17) is 4.74 Å². The fraction of sp³-hybridized carbons (Fsp3) is 0.600. The van der Waals surface area contributed by atoms with E-state index in [1.54, 1.807) is 18.2 Å². The van der Waals surface area contributed by atoms with Crippen LogP contribution in [0.2, 0.25) is 0 Å². The van der Waals surface area contributed by atoms with Gasteiger partial charge in [0.15, 0.2) is 5.69 Å². The Labute approximate surface area is 151 Å². The minimum atomic E-state index is -3.18. The summed E-state index contributed by atoms with van der Waals surface area (Å²) in [6.45, 7) is 0. The van der Waals surface area contributed by atoms with Crippen molar-refractivity contribution in [2.45, 2.75) is 50.9 Å². The smallest absolute Gasteiger partial charge is 0.298 e. The van der Waals surface area contributed by atoms with E-state index in [1.807, 2.05) is 0 Å². The van der Waals surface area contributed by atoms with Crippen LogP contribution >= 0.6 is 0 Å². The van der Waals surface area contributed by atoms with Gasteiger partial charge in [0, 0.05) is 12.0 Å². The van der Waals surface area contributed by atoms with Gasteiger partial charge in [-0.3, -0.25) is 4.79 Å². The molecule has 1 aromatic carbocycles. The first-order chi connectivity index (χ1) is 12.5. The highest BCUT2D eigenvalue weighted by Gasteiger charge is 2.57. The molecule has 0 amide bonds. The van der Waals surface area contributed by atoms with E-state index in [9.17, 15) is 13.6 Å². The minimum Gasteiger partial charge on any atom is -0.497 e. The van der Waals surface area contributed by atoms with Crippen LogP contribution in [-0.2, 0) is 5.92 Å². The zero-order valence-corrected chi connectivity index (χ0v) is 14.9. The van der Waals surface area contributed by atoms with Crippen molar-refractivity contribution in [1.82, 2.24) is 9.97 Å². The molecule has 4 rings (SSSR count). The lowest BCUT2D eigenvalue weighted by Gasteiger charge is -2.16. The predicted molar refractivity (Wildman–Crippen MR) is 95.6 cm³/mol. The number of alkyl halides is 2. The van der Waals surface area contributed by atoms with Crippen molar-refractivity contribution in [2.24, 2.45) is 17.8 Å². The van der Waals surface area contributed by atoms with Crippen molar-refractivity contribution in [2.75, 3.05) is 7.11 Å². The van der Waals surface area contributed by atoms with Crippen molar-refractivity contribution in [3.63, 3.8) is 0 Å². The summed E-state index contributed by atoms with van der Waals surface area (Å²) in [6, 6.07) is 4.83. The Balaban J connectivity index is 1.52. The Kier molecular flexibility index (Phi) is 4.45. The first-order valence-electron chi connectivity index (χ1n) is 9.45. The highest BCUT2D eigenvalue weighted by atomic mass is 19.3. The Bertz CT molecular complexity index is 859. The number of halogens is 2. The van der Waals surface area contributed by atoms with Crippen LogP contribution in [0.4, 0.5) is 8.78 Å². The van der Waals surface area contributed by atoms with E-state index >= 15 is 0 Å². The molecule has 0 radical (unpaired) electrons. The lowest BCUT2D eigenvalue weighted by atomic mass is 9.98. The molecule has 0 spiro atoms. The van der Waals surface area contributed by atoms with Crippen LogP contribution in [0.15, 0.2) is 23.0 Å². The molecule has 2 aliphatic carbocycles. The number of aromatic amines is 1. The molecule has 0 aliphatic heterocycles. The molecule has 4 nitrogen and oxygen atoms in total. The van der Waals surface area contributed by atoms with Crippen molar-refractivity contribution >= 4 is 11.0 Å². The van der Waals surface area contributed by atoms with Gasteiger partial charge in [0.2, 0.25) is 0 Å². The molecule has 26 heavy (non-hydrogen) atoms. The Morgan fingerprint density at radius 3 is 2.77 bits per heavy atom. The van der Waals surface area contributed by atoms with Crippen LogP contribution in [0.5, 0.6) is 5.75 Å². The molecular weight excluding hydrogens is 338 g/mol. The third kappa shape index (κ3) is 3.21. The Morgan fingerprint density at radius 2 is 2.04 bits per heavy atom. The van der Waals surface area contributed by atoms with Crippen LogP contribution in [0.1, 0.15) is 50.6 Å². The molecule has 2 aliphatic rings. The van der Waals surface area contributed by atoms with Gasteiger partial charge in [0.25, 0.3) is 11.5 Å². The second-order valence-corrected chi connectivity index (χ2v) is 7.75. The SMILES string of the molecule is COc1ccc2nc(C(F)(F)C3CC3CCC3CCCC3)c(=O)[nH]c2c1. The molecule has 1 N–H and O–H groups in total. The van der Waals surface area contributed by atoms with Gasteiger partial charge in [-0.2, -0.15) is 8.78 Å². The van der Waals surface area contributed by atoms with Gasteiger partial charge in [-0.25, -0.2) is 4.98 Å². The average Bonchev–Trinajstić information content (AvgIpc) is 3.24. The summed E-state index contributed by atoms with van der Waals surface area (Å²) in [7, 11) is 1.51. The number of H-pyrrole nitrogens is 1. The van der Waals surface area contributed by atoms with Gasteiger partial charge in [-0.1, -0.05) is 32.1 Å². The summed E-state index contributed by atoms with van der Waals surface area (Å²) in [5.74, 6) is -2.67. The molecule has 0 saturated heterocycles. The van der Waals surface area contributed by atoms with E-state index in [0.717, 1.165) is 12.8 Å². The monoisotopic (exact) mass is 362 g/mol. The maximum Gasteiger partial charge on any atom is 0.298 e. The molecule has 140 valence electrons. The second kappa shape index (κ2) is 6.63. The van der Waals surface area contributed by atoms with Crippen molar-refractivity contribution in [3.05, 3.63) is 34.2 Å². The Morgan fingerprint density at radius 1 is 1.27 bits per heavy atom. The summed E-state index contributed by atoms with van der Waals surface area (Å²) in [5, 5.41) is 0. The fourth-order valence-corrected chi connectivity index (χ4v) is 4.35. The number of methoxy groups -OCH3 is 1. The van der Waals surface area contributed by atoms with E-state index in [0.29, 0.717) is 29.1 Å². The number of fused-ring (bicyclic) bond motifs is 1. The van der Waals surface area contributed by atoms with Crippen molar-refractivity contribution in [3.8, 4) is 5.75 Å². The summed E-state index contributed by atoms with van der Waals surface area (Å²) < 4.78 is 34.9. The van der Waals surface area contributed by atoms with Gasteiger partial charge in [0.1, 0.15) is 5.75 Å². The lowest BCUT2D eigenvalue weighted by Crippen LogP contribution is -2.29. The molecule has 1 heterocycles. The summed E-state index contributed by atoms with van der Waals surface area (Å²) >= 11 is 0. The van der Waals surface area contributed by atoms with Gasteiger partial charge >= 0.3 is 0 Å². The lowest BCUT2D eigenvalue weighted by molar-refractivity contribution is -0.0397. The first-order valence-corrected chi connectivity index (χ1v) is 9.45. The van der Waals surface area contributed by atoms with Crippen LogP contribution in [0.3, 0.4) is 0 Å². The summed E-state index contributed by atoms with van der Waals surface area (Å²) in [4.78, 5) is 18.8. The number of hydrogen-bond donors (Lipinski definition) is 1. The molecular formula is C20H24F2N2O2. The summed E-state index contributed by atoms with van der Waals surface area (Å²) in [5.41, 5.74) is -0.702. The molecule has 2 aromatic rings. The van der Waals surface area contributed by atoms with E-state index in [1.165, 1.54) is 32.8 Å². The number of nitrogens with one attached hydrogen (secondary N) is 1. The van der Waals surface area contributed by atoms with Gasteiger partial charge in [-0.15, -0.1) is 0 Å². The number of benzene rings is 1. The maximum absolute atomic E-state index is 14.9. The number of nitrogens with zero attached hydrogens (tertiary/aromatic N) is 1. The molecule has 2 fully saturated rings. The molecule has 2 saturated carbocycles. The highest BCUT2D eigenvalue weighted by molar-refractivity contribution is 5.75. The number of ether oxygens (including phenoxy) is 1. The topological polar surface area (TPSA) is 55.0 Å². The quantitative estimate of drug-likeness (QED) is 0.815. The van der Waals surface area contributed by atoms with Gasteiger partial charge < -0.3 is 9.72 Å². The number of hydrogen-bond acceptors (Lipinski definition) is 3. The maximum atomic E-state index is 14.9. The molecule has 1 aromatic heterocycles. The molecule has 2 atom stereocenters. The normalized spacial score (nSPS) is 23.5. The standard InChI is InChI=1S/C20H24F2N2O2/c1-26-14-8-9-16-17(11-14)24-19(25)18(23-16)20(21,22)15-10-13(15)7-6-12-4-2-3-5-12/h8-9,11-13,15H,2-7,10H2,1H3,(H,24,25). The van der Waals surface area contributed by atoms with Gasteiger partial charge in [0.05, 0.1) is 18.1 Å². The zero-order chi connectivity index (χ0) is 18.3. The van der Waals surface area contributed by atoms with Crippen molar-refractivity contribution in [1.29, 1.82) is 0 Å². The Hall–Kier alpha value is -1.98. The number of aromatic nitrogens is 2. The third-order valence-electron chi connectivity index (χ3n) is 6.02. The van der Waals surface area contributed by atoms with Crippen molar-refractivity contribution < 1.29 is 13.5 Å². The van der Waals surface area contributed by atoms with E-state index in [-0.39, 0.29) is 5.92 Å². The highest BCUT2D eigenvalue weighted by Crippen LogP contribution is 2.55. The van der Waals surface area contributed by atoms with Crippen LogP contribution in [-0.4, -0.2) is 17.1 Å². The second-order valence-electron chi connectivity index (χ2n) is 7.75. The summed E-state index contributed by atoms with van der Waals surface area (Å²) in [6.07, 6.45) is 7.39. The van der Waals surface area contributed by atoms with Crippen LogP contribution in [0, 0.1) is 17.8 Å². The largest absolute Gasteiger partial charge is 0.497 e. The molecule has 2 unspecified atom stereocenters. The average molecular weight is 362 g/mol. The van der Waals surface area contributed by atoms with Gasteiger partial charge in [-0.05, 0) is 36.8 Å². The molecule has 6 heteroatoms. The van der Waals surface area contributed by atoms with Crippen LogP contribution in [0.25, 0.3) is 11.0 Å². The van der Waals surface area contributed by atoms with Crippen LogP contribution < -0.4 is 10.3 Å². The first kappa shape index (κ1) is 17.4.